The van der Waals surface area contributed by atoms with Crippen molar-refractivity contribution >= 4 is 0 Å². The molecule has 1 aromatic rings. The highest BCUT2D eigenvalue weighted by Crippen LogP contribution is 2.26. The normalized spacial score (nSPS) is 14.1. The van der Waals surface area contributed by atoms with Crippen molar-refractivity contribution in [2.75, 3.05) is 27.4 Å². The van der Waals surface area contributed by atoms with Crippen LogP contribution in [-0.2, 0) is 4.74 Å². The lowest BCUT2D eigenvalue weighted by Gasteiger charge is -2.23. The molecule has 0 saturated carbocycles. The summed E-state index contributed by atoms with van der Waals surface area (Å²) >= 11 is 0. The van der Waals surface area contributed by atoms with Crippen LogP contribution in [0.25, 0.3) is 0 Å². The minimum absolute atomic E-state index is 0.139. The van der Waals surface area contributed by atoms with E-state index in [1.165, 1.54) is 7.11 Å². The third kappa shape index (κ3) is 5.10. The van der Waals surface area contributed by atoms with Crippen molar-refractivity contribution in [1.29, 1.82) is 0 Å². The van der Waals surface area contributed by atoms with Crippen molar-refractivity contribution in [1.82, 2.24) is 5.32 Å². The Balaban J connectivity index is 2.83. The Bertz CT molecular complexity index is 398. The third-order valence-corrected chi connectivity index (χ3v) is 3.31. The molecule has 0 spiro atoms. The fourth-order valence-electron chi connectivity index (χ4n) is 2.31. The van der Waals surface area contributed by atoms with Gasteiger partial charge in [0, 0.05) is 19.8 Å². The van der Waals surface area contributed by atoms with Crippen LogP contribution in [0.4, 0.5) is 4.39 Å². The first-order chi connectivity index (χ1) is 9.62. The van der Waals surface area contributed by atoms with Crippen molar-refractivity contribution in [2.45, 2.75) is 32.7 Å². The Hall–Kier alpha value is -1.13. The fourth-order valence-corrected chi connectivity index (χ4v) is 2.31. The van der Waals surface area contributed by atoms with Crippen LogP contribution in [0.15, 0.2) is 18.2 Å². The van der Waals surface area contributed by atoms with E-state index in [1.54, 1.807) is 19.2 Å². The number of rotatable bonds is 9. The molecule has 0 radical (unpaired) electrons. The Morgan fingerprint density at radius 1 is 1.30 bits per heavy atom. The van der Waals surface area contributed by atoms with Gasteiger partial charge in [-0.05, 0) is 43.0 Å². The van der Waals surface area contributed by atoms with Crippen molar-refractivity contribution in [3.63, 3.8) is 0 Å². The van der Waals surface area contributed by atoms with Crippen molar-refractivity contribution < 1.29 is 13.9 Å². The minimum Gasteiger partial charge on any atom is -0.494 e. The molecule has 1 rings (SSSR count). The summed E-state index contributed by atoms with van der Waals surface area (Å²) in [6, 6.07) is 5.31. The van der Waals surface area contributed by atoms with Crippen LogP contribution in [0.1, 0.15) is 38.3 Å². The number of benzene rings is 1. The van der Waals surface area contributed by atoms with Gasteiger partial charge in [0.25, 0.3) is 0 Å². The van der Waals surface area contributed by atoms with Crippen molar-refractivity contribution in [3.8, 4) is 5.75 Å². The van der Waals surface area contributed by atoms with Gasteiger partial charge in [0.05, 0.1) is 7.11 Å². The number of ether oxygens (including phenoxy) is 2. The average Bonchev–Trinajstić information content (AvgIpc) is 2.43. The molecule has 0 aliphatic carbocycles. The zero-order chi connectivity index (χ0) is 15.0. The molecule has 0 aliphatic heterocycles. The standard InChI is InChI=1S/C16H26FNO2/c1-5-8-18-15(9-12(2)11-19-3)13-6-7-16(20-4)14(17)10-13/h6-7,10,12,15,18H,5,8-9,11H2,1-4H3. The van der Waals surface area contributed by atoms with Crippen molar-refractivity contribution in [3.05, 3.63) is 29.6 Å². The quantitative estimate of drug-likeness (QED) is 0.752. The molecule has 1 aromatic carbocycles. The topological polar surface area (TPSA) is 30.5 Å². The third-order valence-electron chi connectivity index (χ3n) is 3.31. The molecule has 0 amide bonds. The van der Waals surface area contributed by atoms with Crippen LogP contribution in [0, 0.1) is 11.7 Å². The van der Waals surface area contributed by atoms with Gasteiger partial charge in [-0.3, -0.25) is 0 Å². The molecule has 0 bridgehead atoms. The van der Waals surface area contributed by atoms with Crippen LogP contribution >= 0.6 is 0 Å². The first-order valence-corrected chi connectivity index (χ1v) is 7.18. The molecular weight excluding hydrogens is 257 g/mol. The molecule has 2 unspecified atom stereocenters. The Labute approximate surface area is 121 Å². The zero-order valence-electron chi connectivity index (χ0n) is 12.9. The summed E-state index contributed by atoms with van der Waals surface area (Å²) in [6.07, 6.45) is 1.97. The number of methoxy groups -OCH3 is 2. The first kappa shape index (κ1) is 16.9. The van der Waals surface area contributed by atoms with Crippen LogP contribution in [0.3, 0.4) is 0 Å². The second kappa shape index (κ2) is 8.93. The molecule has 0 aliphatic rings. The van der Waals surface area contributed by atoms with Gasteiger partial charge in [-0.2, -0.15) is 0 Å². The molecule has 0 saturated heterocycles. The Morgan fingerprint density at radius 3 is 2.60 bits per heavy atom. The highest BCUT2D eigenvalue weighted by atomic mass is 19.1. The molecule has 0 aromatic heterocycles. The molecule has 1 N–H and O–H groups in total. The molecule has 3 nitrogen and oxygen atoms in total. The highest BCUT2D eigenvalue weighted by molar-refractivity contribution is 5.31. The summed E-state index contributed by atoms with van der Waals surface area (Å²) in [5.74, 6) is 0.389. The molecule has 0 fully saturated rings. The number of hydrogen-bond acceptors (Lipinski definition) is 3. The molecule has 114 valence electrons. The fraction of sp³-hybridized carbons (Fsp3) is 0.625. The molecule has 0 heterocycles. The van der Waals surface area contributed by atoms with Gasteiger partial charge in [0.1, 0.15) is 0 Å². The smallest absolute Gasteiger partial charge is 0.165 e. The van der Waals surface area contributed by atoms with Gasteiger partial charge < -0.3 is 14.8 Å². The van der Waals surface area contributed by atoms with Crippen LogP contribution in [-0.4, -0.2) is 27.4 Å². The number of hydrogen-bond donors (Lipinski definition) is 1. The van der Waals surface area contributed by atoms with Crippen LogP contribution in [0.2, 0.25) is 0 Å². The monoisotopic (exact) mass is 283 g/mol. The van der Waals surface area contributed by atoms with Crippen molar-refractivity contribution in [2.24, 2.45) is 5.92 Å². The minimum atomic E-state index is -0.312. The van der Waals surface area contributed by atoms with E-state index in [-0.39, 0.29) is 17.6 Å². The lowest BCUT2D eigenvalue weighted by atomic mass is 9.96. The highest BCUT2D eigenvalue weighted by Gasteiger charge is 2.16. The van der Waals surface area contributed by atoms with Gasteiger partial charge in [-0.15, -0.1) is 0 Å². The second-order valence-electron chi connectivity index (χ2n) is 5.20. The summed E-state index contributed by atoms with van der Waals surface area (Å²) in [7, 11) is 3.18. The summed E-state index contributed by atoms with van der Waals surface area (Å²) in [4.78, 5) is 0. The van der Waals surface area contributed by atoms with E-state index in [2.05, 4.69) is 19.2 Å². The van der Waals surface area contributed by atoms with E-state index in [1.807, 2.05) is 6.07 Å². The molecular formula is C16H26FNO2. The Morgan fingerprint density at radius 2 is 2.05 bits per heavy atom. The predicted octanol–water partition coefficient (Wildman–Crippen LogP) is 3.55. The lowest BCUT2D eigenvalue weighted by Crippen LogP contribution is -2.25. The van der Waals surface area contributed by atoms with Gasteiger partial charge in [-0.25, -0.2) is 4.39 Å². The van der Waals surface area contributed by atoms with Gasteiger partial charge in [0.2, 0.25) is 0 Å². The van der Waals surface area contributed by atoms with E-state index < -0.39 is 0 Å². The number of nitrogens with one attached hydrogen (secondary N) is 1. The average molecular weight is 283 g/mol. The molecule has 20 heavy (non-hydrogen) atoms. The largest absolute Gasteiger partial charge is 0.494 e. The Kier molecular flexibility index (Phi) is 7.55. The molecule has 4 heteroatoms. The van der Waals surface area contributed by atoms with Gasteiger partial charge in [-0.1, -0.05) is 19.9 Å². The summed E-state index contributed by atoms with van der Waals surface area (Å²) in [5.41, 5.74) is 0.958. The van der Waals surface area contributed by atoms with E-state index >= 15 is 0 Å². The first-order valence-electron chi connectivity index (χ1n) is 7.18. The SMILES string of the molecule is CCCNC(CC(C)COC)c1ccc(OC)c(F)c1. The number of halogens is 1. The summed E-state index contributed by atoms with van der Waals surface area (Å²) in [5, 5.41) is 3.48. The summed E-state index contributed by atoms with van der Waals surface area (Å²) in [6.45, 7) is 5.89. The molecule has 2 atom stereocenters. The second-order valence-corrected chi connectivity index (χ2v) is 5.20. The van der Waals surface area contributed by atoms with Crippen LogP contribution in [0.5, 0.6) is 5.75 Å². The van der Waals surface area contributed by atoms with Gasteiger partial charge >= 0.3 is 0 Å². The van der Waals surface area contributed by atoms with Crippen LogP contribution < -0.4 is 10.1 Å². The maximum absolute atomic E-state index is 13.8. The summed E-state index contributed by atoms with van der Waals surface area (Å²) < 4.78 is 24.0. The predicted molar refractivity (Wildman–Crippen MR) is 79.6 cm³/mol. The van der Waals surface area contributed by atoms with E-state index in [0.717, 1.165) is 24.9 Å². The van der Waals surface area contributed by atoms with Gasteiger partial charge in [0.15, 0.2) is 11.6 Å². The van der Waals surface area contributed by atoms with E-state index in [4.69, 9.17) is 9.47 Å². The lowest BCUT2D eigenvalue weighted by molar-refractivity contribution is 0.149. The van der Waals surface area contributed by atoms with E-state index in [0.29, 0.717) is 12.5 Å². The maximum atomic E-state index is 13.8. The van der Waals surface area contributed by atoms with E-state index in [9.17, 15) is 4.39 Å². The zero-order valence-corrected chi connectivity index (χ0v) is 12.9. The maximum Gasteiger partial charge on any atom is 0.165 e.